The SMILES string of the molecule is CCCOc1ccc(C(N)CN2CCCCCC2)cc1. The number of likely N-dealkylation sites (tertiary alicyclic amines) is 1. The topological polar surface area (TPSA) is 38.5 Å². The van der Waals surface area contributed by atoms with Crippen LogP contribution in [0.5, 0.6) is 5.75 Å². The summed E-state index contributed by atoms with van der Waals surface area (Å²) >= 11 is 0. The van der Waals surface area contributed by atoms with Crippen LogP contribution >= 0.6 is 0 Å². The van der Waals surface area contributed by atoms with Gasteiger partial charge in [0.1, 0.15) is 5.75 Å². The molecule has 3 heteroatoms. The molecule has 1 aliphatic heterocycles. The maximum Gasteiger partial charge on any atom is 0.119 e. The van der Waals surface area contributed by atoms with E-state index in [1.807, 2.05) is 12.1 Å². The third-order valence-corrected chi connectivity index (χ3v) is 3.93. The average Bonchev–Trinajstić information content (AvgIpc) is 2.74. The smallest absolute Gasteiger partial charge is 0.119 e. The number of rotatable bonds is 6. The van der Waals surface area contributed by atoms with Crippen LogP contribution in [0.3, 0.4) is 0 Å². The fraction of sp³-hybridized carbons (Fsp3) is 0.647. The Morgan fingerprint density at radius 1 is 1.10 bits per heavy atom. The zero-order valence-corrected chi connectivity index (χ0v) is 12.7. The average molecular weight is 276 g/mol. The van der Waals surface area contributed by atoms with E-state index in [1.165, 1.54) is 44.3 Å². The van der Waals surface area contributed by atoms with Crippen molar-refractivity contribution in [1.29, 1.82) is 0 Å². The predicted molar refractivity (Wildman–Crippen MR) is 84.1 cm³/mol. The summed E-state index contributed by atoms with van der Waals surface area (Å²) in [6, 6.07) is 8.38. The van der Waals surface area contributed by atoms with Crippen LogP contribution < -0.4 is 10.5 Å². The fourth-order valence-corrected chi connectivity index (χ4v) is 2.73. The lowest BCUT2D eigenvalue weighted by Gasteiger charge is -2.24. The fourth-order valence-electron chi connectivity index (χ4n) is 2.73. The van der Waals surface area contributed by atoms with E-state index in [-0.39, 0.29) is 6.04 Å². The summed E-state index contributed by atoms with van der Waals surface area (Å²) in [5.74, 6) is 0.942. The van der Waals surface area contributed by atoms with Gasteiger partial charge < -0.3 is 15.4 Å². The molecule has 1 aromatic carbocycles. The number of nitrogens with zero attached hydrogens (tertiary/aromatic N) is 1. The minimum atomic E-state index is 0.105. The zero-order chi connectivity index (χ0) is 14.2. The van der Waals surface area contributed by atoms with Crippen molar-refractivity contribution >= 4 is 0 Å². The number of hydrogen-bond donors (Lipinski definition) is 1. The first-order valence-corrected chi connectivity index (χ1v) is 8.00. The van der Waals surface area contributed by atoms with E-state index < -0.39 is 0 Å². The van der Waals surface area contributed by atoms with Crippen LogP contribution in [0.2, 0.25) is 0 Å². The molecule has 20 heavy (non-hydrogen) atoms. The van der Waals surface area contributed by atoms with E-state index in [1.54, 1.807) is 0 Å². The van der Waals surface area contributed by atoms with Crippen LogP contribution in [-0.4, -0.2) is 31.1 Å². The Morgan fingerprint density at radius 3 is 2.35 bits per heavy atom. The summed E-state index contributed by atoms with van der Waals surface area (Å²) in [4.78, 5) is 2.51. The molecule has 1 fully saturated rings. The normalized spacial score (nSPS) is 18.5. The lowest BCUT2D eigenvalue weighted by atomic mass is 10.1. The van der Waals surface area contributed by atoms with Crippen LogP contribution in [0, 0.1) is 0 Å². The van der Waals surface area contributed by atoms with Gasteiger partial charge in [-0.1, -0.05) is 31.9 Å². The molecule has 112 valence electrons. The Morgan fingerprint density at radius 2 is 1.75 bits per heavy atom. The van der Waals surface area contributed by atoms with Crippen molar-refractivity contribution in [1.82, 2.24) is 4.90 Å². The second-order valence-electron chi connectivity index (χ2n) is 5.74. The molecule has 0 aliphatic carbocycles. The van der Waals surface area contributed by atoms with E-state index in [0.29, 0.717) is 0 Å². The monoisotopic (exact) mass is 276 g/mol. The number of nitrogens with two attached hydrogens (primary N) is 1. The molecule has 0 spiro atoms. The number of benzene rings is 1. The van der Waals surface area contributed by atoms with Gasteiger partial charge in [0.05, 0.1) is 6.61 Å². The van der Waals surface area contributed by atoms with Gasteiger partial charge in [-0.05, 0) is 50.0 Å². The zero-order valence-electron chi connectivity index (χ0n) is 12.7. The van der Waals surface area contributed by atoms with Crippen LogP contribution in [-0.2, 0) is 0 Å². The lowest BCUT2D eigenvalue weighted by molar-refractivity contribution is 0.267. The van der Waals surface area contributed by atoms with E-state index in [2.05, 4.69) is 24.0 Å². The summed E-state index contributed by atoms with van der Waals surface area (Å²) in [5, 5.41) is 0. The van der Waals surface area contributed by atoms with E-state index >= 15 is 0 Å². The molecule has 1 heterocycles. The maximum absolute atomic E-state index is 6.34. The van der Waals surface area contributed by atoms with Crippen molar-refractivity contribution < 1.29 is 4.74 Å². The highest BCUT2D eigenvalue weighted by Gasteiger charge is 2.14. The second-order valence-corrected chi connectivity index (χ2v) is 5.74. The number of ether oxygens (including phenoxy) is 1. The summed E-state index contributed by atoms with van der Waals surface area (Å²) in [6.45, 7) is 6.26. The van der Waals surface area contributed by atoms with Crippen molar-refractivity contribution in [2.75, 3.05) is 26.2 Å². The Labute approximate surface area is 123 Å². The molecule has 0 radical (unpaired) electrons. The molecule has 3 nitrogen and oxygen atoms in total. The van der Waals surface area contributed by atoms with Gasteiger partial charge in [-0.2, -0.15) is 0 Å². The Bertz CT molecular complexity index is 369. The van der Waals surface area contributed by atoms with E-state index in [9.17, 15) is 0 Å². The lowest BCUT2D eigenvalue weighted by Crippen LogP contribution is -2.32. The summed E-state index contributed by atoms with van der Waals surface area (Å²) in [6.07, 6.45) is 6.41. The first-order valence-electron chi connectivity index (χ1n) is 8.00. The van der Waals surface area contributed by atoms with Gasteiger partial charge >= 0.3 is 0 Å². The van der Waals surface area contributed by atoms with Crippen molar-refractivity contribution in [2.45, 2.75) is 45.1 Å². The highest BCUT2D eigenvalue weighted by molar-refractivity contribution is 5.29. The minimum absolute atomic E-state index is 0.105. The third-order valence-electron chi connectivity index (χ3n) is 3.93. The van der Waals surface area contributed by atoms with Crippen molar-refractivity contribution in [3.05, 3.63) is 29.8 Å². The van der Waals surface area contributed by atoms with Crippen molar-refractivity contribution in [3.63, 3.8) is 0 Å². The van der Waals surface area contributed by atoms with Crippen LogP contribution in [0.1, 0.15) is 50.6 Å². The van der Waals surface area contributed by atoms with Gasteiger partial charge in [0, 0.05) is 12.6 Å². The molecule has 2 N–H and O–H groups in total. The molecule has 1 unspecified atom stereocenters. The Hall–Kier alpha value is -1.06. The van der Waals surface area contributed by atoms with Gasteiger partial charge in [0.15, 0.2) is 0 Å². The summed E-state index contributed by atoms with van der Waals surface area (Å²) in [7, 11) is 0. The van der Waals surface area contributed by atoms with E-state index in [4.69, 9.17) is 10.5 Å². The molecular weight excluding hydrogens is 248 g/mol. The van der Waals surface area contributed by atoms with E-state index in [0.717, 1.165) is 25.3 Å². The second kappa shape index (κ2) is 8.28. The molecule has 1 aliphatic rings. The standard InChI is InChI=1S/C17H28N2O/c1-2-13-20-16-9-7-15(8-10-16)17(18)14-19-11-5-3-4-6-12-19/h7-10,17H,2-6,11-14,18H2,1H3. The Balaban J connectivity index is 1.86. The maximum atomic E-state index is 6.34. The first-order chi connectivity index (χ1) is 9.79. The highest BCUT2D eigenvalue weighted by Crippen LogP contribution is 2.19. The van der Waals surface area contributed by atoms with Crippen molar-refractivity contribution in [2.24, 2.45) is 5.73 Å². The molecule has 0 saturated carbocycles. The largest absolute Gasteiger partial charge is 0.494 e. The first kappa shape index (κ1) is 15.3. The third kappa shape index (κ3) is 4.80. The molecule has 1 atom stereocenters. The quantitative estimate of drug-likeness (QED) is 0.866. The van der Waals surface area contributed by atoms with Gasteiger partial charge in [-0.25, -0.2) is 0 Å². The molecule has 2 rings (SSSR count). The molecule has 1 saturated heterocycles. The molecule has 1 aromatic rings. The number of hydrogen-bond acceptors (Lipinski definition) is 3. The highest BCUT2D eigenvalue weighted by atomic mass is 16.5. The van der Waals surface area contributed by atoms with Crippen LogP contribution in [0.4, 0.5) is 0 Å². The summed E-state index contributed by atoms with van der Waals surface area (Å²) < 4.78 is 5.61. The predicted octanol–water partition coefficient (Wildman–Crippen LogP) is 3.35. The minimum Gasteiger partial charge on any atom is -0.494 e. The Kier molecular flexibility index (Phi) is 6.34. The molecular formula is C17H28N2O. The van der Waals surface area contributed by atoms with Crippen molar-refractivity contribution in [3.8, 4) is 5.75 Å². The summed E-state index contributed by atoms with van der Waals surface area (Å²) in [5.41, 5.74) is 7.55. The molecule has 0 bridgehead atoms. The van der Waals surface area contributed by atoms with Gasteiger partial charge in [0.2, 0.25) is 0 Å². The van der Waals surface area contributed by atoms with Gasteiger partial charge in [-0.15, -0.1) is 0 Å². The molecule has 0 amide bonds. The van der Waals surface area contributed by atoms with Crippen LogP contribution in [0.15, 0.2) is 24.3 Å². The molecule has 0 aromatic heterocycles. The van der Waals surface area contributed by atoms with Gasteiger partial charge in [-0.3, -0.25) is 0 Å². The van der Waals surface area contributed by atoms with Gasteiger partial charge in [0.25, 0.3) is 0 Å². The van der Waals surface area contributed by atoms with Crippen LogP contribution in [0.25, 0.3) is 0 Å².